The van der Waals surface area contributed by atoms with E-state index in [9.17, 15) is 9.69 Å². The Balaban J connectivity index is 1.87. The minimum Gasteiger partial charge on any atom is -0.300 e. The summed E-state index contributed by atoms with van der Waals surface area (Å²) in [5.74, 6) is 0.0835. The van der Waals surface area contributed by atoms with Crippen LogP contribution < -0.4 is 9.34 Å². The van der Waals surface area contributed by atoms with E-state index in [0.717, 1.165) is 16.9 Å². The third-order valence-corrected chi connectivity index (χ3v) is 9.03. The molecule has 4 nitrogen and oxygen atoms in total. The van der Waals surface area contributed by atoms with Crippen molar-refractivity contribution in [3.63, 3.8) is 0 Å². The van der Waals surface area contributed by atoms with Crippen LogP contribution in [0, 0.1) is 0 Å². The number of ketones is 1. The minimum atomic E-state index is -2.92. The fourth-order valence-electron chi connectivity index (χ4n) is 4.14. The van der Waals surface area contributed by atoms with Gasteiger partial charge in [0, 0.05) is 0 Å². The third-order valence-electron chi connectivity index (χ3n) is 5.43. The number of para-hydroxylation sites is 2. The highest BCUT2D eigenvalue weighted by Gasteiger charge is 2.61. The summed E-state index contributed by atoms with van der Waals surface area (Å²) >= 11 is 0. The highest BCUT2D eigenvalue weighted by atomic mass is 31.2. The first-order chi connectivity index (χ1) is 14.1. The summed E-state index contributed by atoms with van der Waals surface area (Å²) in [7, 11) is -2.92. The van der Waals surface area contributed by atoms with Crippen LogP contribution in [0.1, 0.15) is 24.6 Å². The molecule has 0 spiro atoms. The molecule has 1 saturated heterocycles. The number of nitrogens with zero attached hydrogens (tertiary/aromatic N) is 2. The Morgan fingerprint density at radius 3 is 1.66 bits per heavy atom. The van der Waals surface area contributed by atoms with Crippen molar-refractivity contribution >= 4 is 24.9 Å². The second kappa shape index (κ2) is 8.36. The van der Waals surface area contributed by atoms with Crippen molar-refractivity contribution in [3.8, 4) is 0 Å². The Morgan fingerprint density at radius 2 is 1.24 bits per heavy atom. The van der Waals surface area contributed by atoms with Crippen molar-refractivity contribution in [2.75, 3.05) is 22.4 Å². The molecule has 0 amide bonds. The first-order valence-corrected chi connectivity index (χ1v) is 11.6. The molecule has 0 aliphatic carbocycles. The molecule has 4 rings (SSSR count). The fraction of sp³-hybridized carbons (Fsp3) is 0.208. The number of Topliss-reactive ketones (excluding diaryl/α,β-unsaturated/α-hetero) is 1. The van der Waals surface area contributed by atoms with Crippen LogP contribution in [0.2, 0.25) is 0 Å². The van der Waals surface area contributed by atoms with Gasteiger partial charge in [-0.3, -0.25) is 4.79 Å². The van der Waals surface area contributed by atoms with Gasteiger partial charge >= 0.3 is 7.79 Å². The molecule has 3 aromatic carbocycles. The van der Waals surface area contributed by atoms with Crippen LogP contribution in [0.15, 0.2) is 91.0 Å². The molecule has 0 saturated carbocycles. The number of hydrogen-bond donors (Lipinski definition) is 1. The van der Waals surface area contributed by atoms with Crippen LogP contribution in [-0.4, -0.2) is 23.8 Å². The molecule has 5 heteroatoms. The SMILES string of the molecule is CC(=O)CC(c1ccccc1)[P+]1(O)N(c2ccccc2)CCN1c1ccccc1. The van der Waals surface area contributed by atoms with E-state index < -0.39 is 7.79 Å². The monoisotopic (exact) mass is 405 g/mol. The Labute approximate surface area is 172 Å². The average Bonchev–Trinajstić information content (AvgIpc) is 3.11. The van der Waals surface area contributed by atoms with Gasteiger partial charge in [-0.2, -0.15) is 0 Å². The van der Waals surface area contributed by atoms with Crippen molar-refractivity contribution in [1.29, 1.82) is 0 Å². The summed E-state index contributed by atoms with van der Waals surface area (Å²) in [6.45, 7) is 3.03. The smallest absolute Gasteiger partial charge is 0.300 e. The number of carbonyl (C=O) groups excluding carboxylic acids is 1. The molecule has 1 heterocycles. The van der Waals surface area contributed by atoms with Gasteiger partial charge in [0.25, 0.3) is 0 Å². The Bertz CT molecular complexity index is 903. The van der Waals surface area contributed by atoms with Gasteiger partial charge in [-0.05, 0) is 36.8 Å². The Kier molecular flexibility index (Phi) is 5.66. The lowest BCUT2D eigenvalue weighted by Crippen LogP contribution is -2.30. The van der Waals surface area contributed by atoms with E-state index in [-0.39, 0.29) is 11.4 Å². The van der Waals surface area contributed by atoms with Crippen LogP contribution in [-0.2, 0) is 4.79 Å². The van der Waals surface area contributed by atoms with Crippen molar-refractivity contribution in [3.05, 3.63) is 96.6 Å². The zero-order valence-electron chi connectivity index (χ0n) is 16.6. The minimum absolute atomic E-state index is 0.0835. The summed E-state index contributed by atoms with van der Waals surface area (Å²) in [6.07, 6.45) is 0.307. The molecule has 1 aliphatic rings. The molecule has 0 aromatic heterocycles. The van der Waals surface area contributed by atoms with Gasteiger partial charge in [0.1, 0.15) is 5.78 Å². The summed E-state index contributed by atoms with van der Waals surface area (Å²) in [6, 6.07) is 30.1. The number of hydrogen-bond acceptors (Lipinski definition) is 4. The quantitative estimate of drug-likeness (QED) is 0.551. The van der Waals surface area contributed by atoms with Gasteiger partial charge < -0.3 is 0 Å². The summed E-state index contributed by atoms with van der Waals surface area (Å²) < 4.78 is 4.28. The van der Waals surface area contributed by atoms with Gasteiger partial charge in [0.2, 0.25) is 0 Å². The molecule has 1 N–H and O–H groups in total. The molecule has 1 unspecified atom stereocenters. The van der Waals surface area contributed by atoms with E-state index in [1.165, 1.54) is 0 Å². The predicted molar refractivity (Wildman–Crippen MR) is 121 cm³/mol. The van der Waals surface area contributed by atoms with Crippen molar-refractivity contribution in [2.24, 2.45) is 0 Å². The lowest BCUT2D eigenvalue weighted by Gasteiger charge is -2.36. The second-order valence-electron chi connectivity index (χ2n) is 7.36. The van der Waals surface area contributed by atoms with Crippen molar-refractivity contribution in [1.82, 2.24) is 0 Å². The van der Waals surface area contributed by atoms with E-state index in [1.54, 1.807) is 6.92 Å². The lowest BCUT2D eigenvalue weighted by molar-refractivity contribution is -0.117. The zero-order chi connectivity index (χ0) is 20.3. The van der Waals surface area contributed by atoms with Crippen LogP contribution in [0.25, 0.3) is 0 Å². The largest absolute Gasteiger partial charge is 0.339 e. The summed E-state index contributed by atoms with van der Waals surface area (Å²) in [4.78, 5) is 24.8. The number of carbonyl (C=O) groups is 1. The van der Waals surface area contributed by atoms with Crippen LogP contribution in [0.5, 0.6) is 0 Å². The second-order valence-corrected chi connectivity index (χ2v) is 10.2. The van der Waals surface area contributed by atoms with Crippen molar-refractivity contribution < 1.29 is 9.69 Å². The summed E-state index contributed by atoms with van der Waals surface area (Å²) in [5, 5.41) is 0. The van der Waals surface area contributed by atoms with E-state index >= 15 is 0 Å². The van der Waals surface area contributed by atoms with E-state index in [4.69, 9.17) is 0 Å². The highest BCUT2D eigenvalue weighted by Crippen LogP contribution is 2.75. The molecule has 148 valence electrons. The number of benzene rings is 3. The first-order valence-electron chi connectivity index (χ1n) is 9.92. The topological polar surface area (TPSA) is 43.8 Å². The summed E-state index contributed by atoms with van der Waals surface area (Å²) in [5.41, 5.74) is 2.70. The van der Waals surface area contributed by atoms with Crippen LogP contribution in [0.3, 0.4) is 0 Å². The Hall–Kier alpha value is -2.68. The molecule has 0 bridgehead atoms. The van der Waals surface area contributed by atoms with Crippen molar-refractivity contribution in [2.45, 2.75) is 19.0 Å². The highest BCUT2D eigenvalue weighted by molar-refractivity contribution is 7.74. The molecule has 29 heavy (non-hydrogen) atoms. The number of anilines is 2. The van der Waals surface area contributed by atoms with Crippen LogP contribution in [0.4, 0.5) is 11.4 Å². The molecular formula is C24H26N2O2P+. The maximum absolute atomic E-state index is 12.5. The van der Waals surface area contributed by atoms with Gasteiger partial charge in [0.15, 0.2) is 5.66 Å². The third kappa shape index (κ3) is 3.78. The van der Waals surface area contributed by atoms with Crippen LogP contribution >= 0.6 is 7.79 Å². The standard InChI is InChI=1S/C24H26N2O2P/c1-20(27)19-24(21-11-5-2-6-12-21)29(28)25(22-13-7-3-8-14-22)17-18-26(29)23-15-9-4-10-16-23/h2-16,24,28H,17-19H2,1H3/q+1. The normalized spacial score (nSPS) is 16.6. The molecule has 3 aromatic rings. The molecule has 1 fully saturated rings. The maximum Gasteiger partial charge on any atom is 0.339 e. The maximum atomic E-state index is 12.5. The average molecular weight is 405 g/mol. The molecule has 0 radical (unpaired) electrons. The van der Waals surface area contributed by atoms with Gasteiger partial charge in [0.05, 0.1) is 30.9 Å². The first kappa shape index (κ1) is 19.6. The fourth-order valence-corrected chi connectivity index (χ4v) is 7.86. The Morgan fingerprint density at radius 1 is 0.828 bits per heavy atom. The number of rotatable bonds is 6. The predicted octanol–water partition coefficient (Wildman–Crippen LogP) is 5.49. The van der Waals surface area contributed by atoms with E-state index in [2.05, 4.69) is 9.34 Å². The van der Waals surface area contributed by atoms with Gasteiger partial charge in [-0.15, -0.1) is 0 Å². The van der Waals surface area contributed by atoms with E-state index in [0.29, 0.717) is 19.5 Å². The molecular weight excluding hydrogens is 379 g/mol. The lowest BCUT2D eigenvalue weighted by atomic mass is 10.1. The van der Waals surface area contributed by atoms with Gasteiger partial charge in [-0.25, -0.2) is 14.2 Å². The van der Waals surface area contributed by atoms with Gasteiger partial charge in [-0.1, -0.05) is 66.7 Å². The molecule has 1 atom stereocenters. The van der Waals surface area contributed by atoms with E-state index in [1.807, 2.05) is 91.0 Å². The zero-order valence-corrected chi connectivity index (χ0v) is 17.5. The molecule has 1 aliphatic heterocycles.